The van der Waals surface area contributed by atoms with Crippen molar-refractivity contribution in [2.45, 2.75) is 31.0 Å². The zero-order valence-electron chi connectivity index (χ0n) is 11.0. The maximum Gasteiger partial charge on any atom is 0.260 e. The fourth-order valence-corrected chi connectivity index (χ4v) is 5.29. The van der Waals surface area contributed by atoms with Gasteiger partial charge in [0, 0.05) is 29.6 Å². The highest BCUT2D eigenvalue weighted by molar-refractivity contribution is 7.89. The number of sulfonamides is 1. The second kappa shape index (κ2) is 4.96. The SMILES string of the molecule is CC1c2ccsc2CCN1S(=O)(=O)c1[nH]ncc1CN. The van der Waals surface area contributed by atoms with Gasteiger partial charge in [-0.05, 0) is 30.4 Å². The van der Waals surface area contributed by atoms with Gasteiger partial charge < -0.3 is 5.73 Å². The van der Waals surface area contributed by atoms with Crippen LogP contribution in [0.5, 0.6) is 0 Å². The predicted octanol–water partition coefficient (Wildman–Crippen LogP) is 1.24. The van der Waals surface area contributed by atoms with Crippen molar-refractivity contribution in [2.75, 3.05) is 6.54 Å². The first-order valence-corrected chi connectivity index (χ1v) is 8.68. The molecule has 0 radical (unpaired) electrons. The Balaban J connectivity index is 2.01. The molecule has 1 unspecified atom stereocenters. The van der Waals surface area contributed by atoms with Gasteiger partial charge in [-0.15, -0.1) is 11.3 Å². The van der Waals surface area contributed by atoms with Crippen LogP contribution in [0.2, 0.25) is 0 Å². The zero-order valence-corrected chi connectivity index (χ0v) is 12.7. The van der Waals surface area contributed by atoms with Crippen LogP contribution < -0.4 is 5.73 Å². The lowest BCUT2D eigenvalue weighted by Crippen LogP contribution is -2.38. The molecular formula is C12H16N4O2S2. The van der Waals surface area contributed by atoms with Gasteiger partial charge in [0.1, 0.15) is 0 Å². The van der Waals surface area contributed by atoms with Crippen molar-refractivity contribution in [2.24, 2.45) is 5.73 Å². The van der Waals surface area contributed by atoms with Gasteiger partial charge in [0.15, 0.2) is 5.03 Å². The average Bonchev–Trinajstić information content (AvgIpc) is 3.07. The molecule has 0 fully saturated rings. The maximum absolute atomic E-state index is 12.8. The number of aromatic nitrogens is 2. The summed E-state index contributed by atoms with van der Waals surface area (Å²) >= 11 is 1.69. The number of thiophene rings is 1. The van der Waals surface area contributed by atoms with Crippen molar-refractivity contribution in [1.29, 1.82) is 0 Å². The van der Waals surface area contributed by atoms with E-state index in [0.717, 1.165) is 12.0 Å². The minimum absolute atomic E-state index is 0.116. The highest BCUT2D eigenvalue weighted by Crippen LogP contribution is 2.36. The van der Waals surface area contributed by atoms with Gasteiger partial charge in [0.25, 0.3) is 10.0 Å². The first-order chi connectivity index (χ1) is 9.55. The van der Waals surface area contributed by atoms with E-state index in [1.54, 1.807) is 11.3 Å². The summed E-state index contributed by atoms with van der Waals surface area (Å²) in [5.74, 6) is 0. The Morgan fingerprint density at radius 2 is 2.40 bits per heavy atom. The topological polar surface area (TPSA) is 92.1 Å². The van der Waals surface area contributed by atoms with Crippen molar-refractivity contribution in [1.82, 2.24) is 14.5 Å². The summed E-state index contributed by atoms with van der Waals surface area (Å²) in [6.07, 6.45) is 2.22. The lowest BCUT2D eigenvalue weighted by Gasteiger charge is -2.32. The minimum atomic E-state index is -3.59. The number of hydrogen-bond acceptors (Lipinski definition) is 5. The van der Waals surface area contributed by atoms with Gasteiger partial charge in [-0.25, -0.2) is 8.42 Å². The highest BCUT2D eigenvalue weighted by Gasteiger charge is 2.36. The van der Waals surface area contributed by atoms with Crippen molar-refractivity contribution >= 4 is 21.4 Å². The number of rotatable bonds is 3. The Bertz CT molecular complexity index is 719. The molecule has 0 saturated heterocycles. The van der Waals surface area contributed by atoms with Gasteiger partial charge in [0.05, 0.1) is 6.20 Å². The van der Waals surface area contributed by atoms with E-state index in [4.69, 9.17) is 5.73 Å². The van der Waals surface area contributed by atoms with Crippen LogP contribution in [0, 0.1) is 0 Å². The third-order valence-electron chi connectivity index (χ3n) is 3.69. The first-order valence-electron chi connectivity index (χ1n) is 6.36. The molecule has 8 heteroatoms. The average molecular weight is 312 g/mol. The molecule has 1 aliphatic rings. The van der Waals surface area contributed by atoms with Crippen LogP contribution in [0.1, 0.15) is 29.0 Å². The quantitative estimate of drug-likeness (QED) is 0.892. The molecule has 20 heavy (non-hydrogen) atoms. The van der Waals surface area contributed by atoms with Crippen molar-refractivity contribution < 1.29 is 8.42 Å². The molecule has 0 bridgehead atoms. The molecule has 108 valence electrons. The van der Waals surface area contributed by atoms with E-state index in [0.29, 0.717) is 12.1 Å². The van der Waals surface area contributed by atoms with Gasteiger partial charge in [-0.2, -0.15) is 9.40 Å². The lowest BCUT2D eigenvalue weighted by molar-refractivity contribution is 0.327. The molecule has 0 aliphatic carbocycles. The number of nitrogens with two attached hydrogens (primary N) is 1. The Kier molecular flexibility index (Phi) is 3.41. The van der Waals surface area contributed by atoms with Gasteiger partial charge in [-0.3, -0.25) is 5.10 Å². The van der Waals surface area contributed by atoms with E-state index in [2.05, 4.69) is 10.2 Å². The third-order valence-corrected chi connectivity index (χ3v) is 6.67. The molecule has 3 heterocycles. The standard InChI is InChI=1S/C12H16N4O2S2/c1-8-10-3-5-19-11(10)2-4-16(8)20(17,18)12-9(6-13)7-14-15-12/h3,5,7-8H,2,4,6,13H2,1H3,(H,14,15). The highest BCUT2D eigenvalue weighted by atomic mass is 32.2. The van der Waals surface area contributed by atoms with E-state index in [1.807, 2.05) is 18.4 Å². The normalized spacial score (nSPS) is 20.0. The first kappa shape index (κ1) is 13.7. The fourth-order valence-electron chi connectivity index (χ4n) is 2.60. The third kappa shape index (κ3) is 1.99. The van der Waals surface area contributed by atoms with Crippen molar-refractivity contribution in [3.8, 4) is 0 Å². The molecule has 3 N–H and O–H groups in total. The molecule has 0 amide bonds. The smallest absolute Gasteiger partial charge is 0.260 e. The van der Waals surface area contributed by atoms with Crippen LogP contribution in [-0.2, 0) is 23.0 Å². The number of nitrogens with zero attached hydrogens (tertiary/aromatic N) is 2. The number of hydrogen-bond donors (Lipinski definition) is 2. The molecule has 2 aromatic rings. The number of nitrogens with one attached hydrogen (secondary N) is 1. The molecule has 1 atom stereocenters. The maximum atomic E-state index is 12.8. The second-order valence-electron chi connectivity index (χ2n) is 4.77. The summed E-state index contributed by atoms with van der Waals surface area (Å²) in [5, 5.41) is 8.51. The van der Waals surface area contributed by atoms with Crippen LogP contribution in [0.25, 0.3) is 0 Å². The Morgan fingerprint density at radius 1 is 1.60 bits per heavy atom. The van der Waals surface area contributed by atoms with Crippen LogP contribution in [0.3, 0.4) is 0 Å². The zero-order chi connectivity index (χ0) is 14.3. The second-order valence-corrected chi connectivity index (χ2v) is 7.60. The van der Waals surface area contributed by atoms with E-state index in [9.17, 15) is 8.42 Å². The molecular weight excluding hydrogens is 296 g/mol. The van der Waals surface area contributed by atoms with E-state index < -0.39 is 10.0 Å². The Labute approximate surface area is 121 Å². The van der Waals surface area contributed by atoms with Crippen LogP contribution in [-0.4, -0.2) is 29.5 Å². The monoisotopic (exact) mass is 312 g/mol. The van der Waals surface area contributed by atoms with Gasteiger partial charge >= 0.3 is 0 Å². The lowest BCUT2D eigenvalue weighted by atomic mass is 10.0. The minimum Gasteiger partial charge on any atom is -0.326 e. The molecule has 0 spiro atoms. The molecule has 0 aromatic carbocycles. The van der Waals surface area contributed by atoms with E-state index in [1.165, 1.54) is 15.4 Å². The Morgan fingerprint density at radius 3 is 3.15 bits per heavy atom. The fraction of sp³-hybridized carbons (Fsp3) is 0.417. The van der Waals surface area contributed by atoms with Gasteiger partial charge in [0.2, 0.25) is 0 Å². The van der Waals surface area contributed by atoms with Gasteiger partial charge in [-0.1, -0.05) is 0 Å². The van der Waals surface area contributed by atoms with Crippen molar-refractivity contribution in [3.63, 3.8) is 0 Å². The largest absolute Gasteiger partial charge is 0.326 e. The summed E-state index contributed by atoms with van der Waals surface area (Å²) in [6.45, 7) is 2.55. The number of aromatic amines is 1. The van der Waals surface area contributed by atoms with Crippen LogP contribution in [0.15, 0.2) is 22.7 Å². The van der Waals surface area contributed by atoms with Crippen LogP contribution in [0.4, 0.5) is 0 Å². The Hall–Kier alpha value is -1.22. The molecule has 0 saturated carbocycles. The summed E-state index contributed by atoms with van der Waals surface area (Å²) in [5.41, 5.74) is 7.19. The number of fused-ring (bicyclic) bond motifs is 1. The number of H-pyrrole nitrogens is 1. The summed E-state index contributed by atoms with van der Waals surface area (Å²) in [6, 6.07) is 1.84. The summed E-state index contributed by atoms with van der Waals surface area (Å²) in [4.78, 5) is 1.27. The van der Waals surface area contributed by atoms with Crippen molar-refractivity contribution in [3.05, 3.63) is 33.6 Å². The van der Waals surface area contributed by atoms with E-state index in [-0.39, 0.29) is 17.6 Å². The molecule has 3 rings (SSSR count). The molecule has 1 aliphatic heterocycles. The summed E-state index contributed by atoms with van der Waals surface area (Å²) < 4.78 is 27.1. The molecule has 6 nitrogen and oxygen atoms in total. The van der Waals surface area contributed by atoms with Crippen LogP contribution >= 0.6 is 11.3 Å². The van der Waals surface area contributed by atoms with E-state index >= 15 is 0 Å². The molecule has 2 aromatic heterocycles. The summed E-state index contributed by atoms with van der Waals surface area (Å²) in [7, 11) is -3.59. The predicted molar refractivity (Wildman–Crippen MR) is 76.8 cm³/mol.